The van der Waals surface area contributed by atoms with E-state index in [4.69, 9.17) is 16.3 Å². The summed E-state index contributed by atoms with van der Waals surface area (Å²) in [6.07, 6.45) is 0. The second kappa shape index (κ2) is 6.03. The lowest BCUT2D eigenvalue weighted by Gasteiger charge is -2.06. The molecular formula is C17H13ClN2O2. The molecule has 0 amide bonds. The average Bonchev–Trinajstić information content (AvgIpc) is 2.96. The first kappa shape index (κ1) is 14.4. The van der Waals surface area contributed by atoms with E-state index in [9.17, 15) is 4.79 Å². The van der Waals surface area contributed by atoms with Crippen LogP contribution in [0.15, 0.2) is 60.7 Å². The largest absolute Gasteiger partial charge is 0.480 e. The van der Waals surface area contributed by atoms with Gasteiger partial charge in [-0.15, -0.1) is 0 Å². The van der Waals surface area contributed by atoms with Crippen LogP contribution in [0, 0.1) is 0 Å². The van der Waals surface area contributed by atoms with Crippen molar-refractivity contribution in [1.29, 1.82) is 0 Å². The van der Waals surface area contributed by atoms with Gasteiger partial charge in [0, 0.05) is 5.56 Å². The van der Waals surface area contributed by atoms with Crippen LogP contribution in [0.1, 0.15) is 10.4 Å². The minimum absolute atomic E-state index is 0.263. The minimum atomic E-state index is -0.599. The summed E-state index contributed by atoms with van der Waals surface area (Å²) in [6.45, 7) is 0. The van der Waals surface area contributed by atoms with Crippen molar-refractivity contribution < 1.29 is 9.53 Å². The Kier molecular flexibility index (Phi) is 3.94. The number of ether oxygens (including phenoxy) is 1. The van der Waals surface area contributed by atoms with Gasteiger partial charge < -0.3 is 4.74 Å². The molecule has 110 valence electrons. The van der Waals surface area contributed by atoms with Gasteiger partial charge in [0.2, 0.25) is 5.88 Å². The van der Waals surface area contributed by atoms with Crippen LogP contribution in [-0.2, 0) is 0 Å². The van der Waals surface area contributed by atoms with Gasteiger partial charge in [-0.25, -0.2) is 0 Å². The fourth-order valence-electron chi connectivity index (χ4n) is 2.31. The number of para-hydroxylation sites is 1. The Bertz CT molecular complexity index is 798. The number of hydrogen-bond donors (Lipinski definition) is 0. The van der Waals surface area contributed by atoms with Gasteiger partial charge in [-0.1, -0.05) is 48.5 Å². The van der Waals surface area contributed by atoms with Crippen molar-refractivity contribution in [3.8, 4) is 22.8 Å². The van der Waals surface area contributed by atoms with E-state index in [-0.39, 0.29) is 5.56 Å². The predicted octanol–water partition coefficient (Wildman–Crippen LogP) is 3.93. The predicted molar refractivity (Wildman–Crippen MR) is 85.7 cm³/mol. The van der Waals surface area contributed by atoms with Gasteiger partial charge in [0.25, 0.3) is 5.24 Å². The molecule has 0 unspecified atom stereocenters. The van der Waals surface area contributed by atoms with Gasteiger partial charge in [0.05, 0.1) is 12.8 Å². The van der Waals surface area contributed by atoms with Crippen LogP contribution in [-0.4, -0.2) is 22.1 Å². The SMILES string of the molecule is COc1c(C(=O)Cl)c(-c2ccccc2)nn1-c1ccccc1. The maximum Gasteiger partial charge on any atom is 0.260 e. The van der Waals surface area contributed by atoms with E-state index >= 15 is 0 Å². The molecule has 1 heterocycles. The van der Waals surface area contributed by atoms with Crippen LogP contribution in [0.25, 0.3) is 16.9 Å². The van der Waals surface area contributed by atoms with Gasteiger partial charge in [0.1, 0.15) is 11.3 Å². The minimum Gasteiger partial charge on any atom is -0.480 e. The maximum absolute atomic E-state index is 11.9. The van der Waals surface area contributed by atoms with Gasteiger partial charge in [0.15, 0.2) is 0 Å². The second-order valence-corrected chi connectivity index (χ2v) is 4.96. The van der Waals surface area contributed by atoms with E-state index in [1.807, 2.05) is 60.7 Å². The molecule has 1 aromatic heterocycles. The lowest BCUT2D eigenvalue weighted by Crippen LogP contribution is -2.01. The molecule has 0 N–H and O–H groups in total. The van der Waals surface area contributed by atoms with E-state index in [1.165, 1.54) is 7.11 Å². The standard InChI is InChI=1S/C17H13ClN2O2/c1-22-17-14(16(18)21)15(12-8-4-2-5-9-12)19-20(17)13-10-6-3-7-11-13/h2-11H,1H3. The summed E-state index contributed by atoms with van der Waals surface area (Å²) < 4.78 is 6.97. The van der Waals surface area contributed by atoms with E-state index in [2.05, 4.69) is 5.10 Å². The summed E-state index contributed by atoms with van der Waals surface area (Å²) in [5.41, 5.74) is 2.36. The molecule has 3 rings (SSSR count). The first-order valence-corrected chi connectivity index (χ1v) is 7.08. The van der Waals surface area contributed by atoms with Crippen molar-refractivity contribution in [1.82, 2.24) is 9.78 Å². The Morgan fingerprint density at radius 2 is 1.64 bits per heavy atom. The van der Waals surface area contributed by atoms with E-state index in [0.717, 1.165) is 11.3 Å². The van der Waals surface area contributed by atoms with E-state index < -0.39 is 5.24 Å². The zero-order chi connectivity index (χ0) is 15.5. The summed E-state index contributed by atoms with van der Waals surface area (Å²) in [5, 5.41) is 3.93. The highest BCUT2D eigenvalue weighted by molar-refractivity contribution is 6.68. The number of carbonyl (C=O) groups is 1. The van der Waals surface area contributed by atoms with Crippen LogP contribution < -0.4 is 4.74 Å². The molecule has 0 aliphatic heterocycles. The molecule has 0 aliphatic carbocycles. The Balaban J connectivity index is 2.27. The van der Waals surface area contributed by atoms with Gasteiger partial charge >= 0.3 is 0 Å². The quantitative estimate of drug-likeness (QED) is 0.686. The first-order valence-electron chi connectivity index (χ1n) is 6.70. The number of nitrogens with zero attached hydrogens (tertiary/aromatic N) is 2. The van der Waals surface area contributed by atoms with Gasteiger partial charge in [-0.3, -0.25) is 4.79 Å². The average molecular weight is 313 g/mol. The summed E-state index contributed by atoms with van der Waals surface area (Å²) in [7, 11) is 1.49. The third-order valence-electron chi connectivity index (χ3n) is 3.28. The summed E-state index contributed by atoms with van der Waals surface area (Å²) >= 11 is 5.77. The lowest BCUT2D eigenvalue weighted by atomic mass is 10.1. The molecule has 0 saturated carbocycles. The van der Waals surface area contributed by atoms with Crippen LogP contribution in [0.4, 0.5) is 0 Å². The highest BCUT2D eigenvalue weighted by atomic mass is 35.5. The Labute approximate surface area is 132 Å². The zero-order valence-electron chi connectivity index (χ0n) is 11.9. The number of rotatable bonds is 4. The molecule has 0 aliphatic rings. The van der Waals surface area contributed by atoms with Crippen LogP contribution in [0.5, 0.6) is 5.88 Å². The number of aromatic nitrogens is 2. The van der Waals surface area contributed by atoms with Crippen LogP contribution in [0.2, 0.25) is 0 Å². The van der Waals surface area contributed by atoms with Crippen LogP contribution in [0.3, 0.4) is 0 Å². The van der Waals surface area contributed by atoms with Crippen molar-refractivity contribution in [2.45, 2.75) is 0 Å². The topological polar surface area (TPSA) is 44.1 Å². The molecule has 0 radical (unpaired) electrons. The Hall–Kier alpha value is -2.59. The number of carbonyl (C=O) groups excluding carboxylic acids is 1. The van der Waals surface area contributed by atoms with E-state index in [1.54, 1.807) is 4.68 Å². The lowest BCUT2D eigenvalue weighted by molar-refractivity contribution is 0.107. The van der Waals surface area contributed by atoms with Crippen molar-refractivity contribution in [2.75, 3.05) is 7.11 Å². The fourth-order valence-corrected chi connectivity index (χ4v) is 2.48. The fraction of sp³-hybridized carbons (Fsp3) is 0.0588. The molecule has 0 fully saturated rings. The Morgan fingerprint density at radius 3 is 2.18 bits per heavy atom. The smallest absolute Gasteiger partial charge is 0.260 e. The van der Waals surface area contributed by atoms with Crippen molar-refractivity contribution in [3.05, 3.63) is 66.2 Å². The van der Waals surface area contributed by atoms with Crippen molar-refractivity contribution in [2.24, 2.45) is 0 Å². The third-order valence-corrected chi connectivity index (χ3v) is 3.47. The van der Waals surface area contributed by atoms with Crippen LogP contribution >= 0.6 is 11.6 Å². The van der Waals surface area contributed by atoms with Gasteiger partial charge in [-0.2, -0.15) is 9.78 Å². The normalized spacial score (nSPS) is 10.5. The molecule has 0 atom stereocenters. The number of halogens is 1. The number of hydrogen-bond acceptors (Lipinski definition) is 3. The molecule has 4 nitrogen and oxygen atoms in total. The molecule has 2 aromatic carbocycles. The summed E-state index contributed by atoms with van der Waals surface area (Å²) in [6, 6.07) is 18.9. The number of methoxy groups -OCH3 is 1. The highest BCUT2D eigenvalue weighted by Gasteiger charge is 2.25. The first-order chi connectivity index (χ1) is 10.7. The highest BCUT2D eigenvalue weighted by Crippen LogP contribution is 2.33. The third kappa shape index (κ3) is 2.49. The monoisotopic (exact) mass is 312 g/mol. The molecule has 5 heteroatoms. The molecule has 3 aromatic rings. The Morgan fingerprint density at radius 1 is 1.05 bits per heavy atom. The van der Waals surface area contributed by atoms with Gasteiger partial charge in [-0.05, 0) is 23.7 Å². The molecular weight excluding hydrogens is 300 g/mol. The molecule has 0 spiro atoms. The van der Waals surface area contributed by atoms with Crippen molar-refractivity contribution in [3.63, 3.8) is 0 Å². The number of benzene rings is 2. The molecule has 22 heavy (non-hydrogen) atoms. The zero-order valence-corrected chi connectivity index (χ0v) is 12.6. The van der Waals surface area contributed by atoms with E-state index in [0.29, 0.717) is 11.6 Å². The van der Waals surface area contributed by atoms with Crippen molar-refractivity contribution >= 4 is 16.8 Å². The molecule has 0 saturated heterocycles. The maximum atomic E-state index is 11.9. The molecule has 0 bridgehead atoms. The second-order valence-electron chi connectivity index (χ2n) is 4.62. The summed E-state index contributed by atoms with van der Waals surface area (Å²) in [5.74, 6) is 0.324. The summed E-state index contributed by atoms with van der Waals surface area (Å²) in [4.78, 5) is 11.9.